The number of rotatable bonds is 8. The molecule has 20 heavy (non-hydrogen) atoms. The average Bonchev–Trinajstić information content (AvgIpc) is 2.36. The minimum atomic E-state index is -0.113. The first kappa shape index (κ1) is 17.9. The van der Waals surface area contributed by atoms with E-state index in [-0.39, 0.29) is 12.1 Å². The third-order valence-corrected chi connectivity index (χ3v) is 4.20. The van der Waals surface area contributed by atoms with Crippen LogP contribution in [-0.4, -0.2) is 60.0 Å². The fraction of sp³-hybridized carbons (Fsp3) is 1.00. The minimum Gasteiger partial charge on any atom is -0.394 e. The van der Waals surface area contributed by atoms with Gasteiger partial charge in [0, 0.05) is 24.7 Å². The molecule has 0 radical (unpaired) electrons. The van der Waals surface area contributed by atoms with Crippen LogP contribution in [0.1, 0.15) is 53.9 Å². The van der Waals surface area contributed by atoms with Crippen molar-refractivity contribution in [3.63, 3.8) is 0 Å². The highest BCUT2D eigenvalue weighted by Crippen LogP contribution is 2.19. The smallest absolute Gasteiger partial charge is 0.0678 e. The molecule has 2 N–H and O–H groups in total. The number of nitrogens with zero attached hydrogens (tertiary/aromatic N) is 1. The van der Waals surface area contributed by atoms with E-state index in [9.17, 15) is 5.11 Å². The van der Waals surface area contributed by atoms with Crippen molar-refractivity contribution in [1.82, 2.24) is 10.2 Å². The normalized spacial score (nSPS) is 27.8. The van der Waals surface area contributed by atoms with Crippen LogP contribution in [0.25, 0.3) is 0 Å². The summed E-state index contributed by atoms with van der Waals surface area (Å²) >= 11 is 0. The van der Waals surface area contributed by atoms with Crippen molar-refractivity contribution in [2.45, 2.75) is 77.7 Å². The summed E-state index contributed by atoms with van der Waals surface area (Å²) in [5.41, 5.74) is -0.113. The Kier molecular flexibility index (Phi) is 7.45. The maximum atomic E-state index is 9.75. The van der Waals surface area contributed by atoms with Gasteiger partial charge in [0.15, 0.2) is 0 Å². The van der Waals surface area contributed by atoms with Crippen LogP contribution in [0.4, 0.5) is 0 Å². The van der Waals surface area contributed by atoms with Gasteiger partial charge in [-0.15, -0.1) is 0 Å². The molecule has 0 aromatic carbocycles. The van der Waals surface area contributed by atoms with Crippen LogP contribution in [0.15, 0.2) is 0 Å². The van der Waals surface area contributed by atoms with Gasteiger partial charge < -0.3 is 15.2 Å². The van der Waals surface area contributed by atoms with Gasteiger partial charge in [-0.3, -0.25) is 4.90 Å². The molecule has 0 aromatic heterocycles. The standard InChI is InChI=1S/C16H34N2O2/c1-6-16(12-19,17-13(2)3)8-7-9-18-10-14(4)20-15(5)11-18/h13-15,17,19H,6-12H2,1-5H3. The van der Waals surface area contributed by atoms with Gasteiger partial charge in [0.2, 0.25) is 0 Å². The lowest BCUT2D eigenvalue weighted by atomic mass is 9.90. The summed E-state index contributed by atoms with van der Waals surface area (Å²) in [6, 6.07) is 0.408. The summed E-state index contributed by atoms with van der Waals surface area (Å²) in [6.07, 6.45) is 3.78. The monoisotopic (exact) mass is 286 g/mol. The van der Waals surface area contributed by atoms with Gasteiger partial charge in [-0.25, -0.2) is 0 Å². The van der Waals surface area contributed by atoms with Crippen molar-refractivity contribution < 1.29 is 9.84 Å². The van der Waals surface area contributed by atoms with Gasteiger partial charge in [0.1, 0.15) is 0 Å². The molecule has 1 saturated heterocycles. The Balaban J connectivity index is 2.40. The number of morpholine rings is 1. The summed E-state index contributed by atoms with van der Waals surface area (Å²) in [5.74, 6) is 0. The molecule has 0 aliphatic carbocycles. The average molecular weight is 286 g/mol. The third kappa shape index (κ3) is 5.68. The molecule has 3 unspecified atom stereocenters. The van der Waals surface area contributed by atoms with E-state index < -0.39 is 0 Å². The molecule has 4 nitrogen and oxygen atoms in total. The SMILES string of the molecule is CCC(CO)(CCCN1CC(C)OC(C)C1)NC(C)C. The van der Waals surface area contributed by atoms with Crippen LogP contribution >= 0.6 is 0 Å². The summed E-state index contributed by atoms with van der Waals surface area (Å²) in [6.45, 7) is 14.1. The fourth-order valence-electron chi connectivity index (χ4n) is 3.31. The first-order valence-corrected chi connectivity index (χ1v) is 8.17. The lowest BCUT2D eigenvalue weighted by molar-refractivity contribution is -0.0686. The highest BCUT2D eigenvalue weighted by molar-refractivity contribution is 4.88. The molecule has 1 aliphatic rings. The Morgan fingerprint density at radius 2 is 1.90 bits per heavy atom. The van der Waals surface area contributed by atoms with E-state index >= 15 is 0 Å². The van der Waals surface area contributed by atoms with Crippen LogP contribution in [0.3, 0.4) is 0 Å². The third-order valence-electron chi connectivity index (χ3n) is 4.20. The Morgan fingerprint density at radius 3 is 2.35 bits per heavy atom. The van der Waals surface area contributed by atoms with Crippen molar-refractivity contribution in [2.24, 2.45) is 0 Å². The summed E-state index contributed by atoms with van der Waals surface area (Å²) in [4.78, 5) is 2.49. The van der Waals surface area contributed by atoms with Gasteiger partial charge >= 0.3 is 0 Å². The number of hydrogen-bond acceptors (Lipinski definition) is 4. The summed E-state index contributed by atoms with van der Waals surface area (Å²) in [5, 5.41) is 13.3. The van der Waals surface area contributed by atoms with Crippen LogP contribution < -0.4 is 5.32 Å². The van der Waals surface area contributed by atoms with E-state index in [1.165, 1.54) is 0 Å². The van der Waals surface area contributed by atoms with E-state index in [0.717, 1.165) is 38.9 Å². The Bertz CT molecular complexity index is 257. The molecule has 1 heterocycles. The molecule has 1 fully saturated rings. The maximum absolute atomic E-state index is 9.75. The number of aliphatic hydroxyl groups is 1. The van der Waals surface area contributed by atoms with Crippen molar-refractivity contribution in [3.05, 3.63) is 0 Å². The van der Waals surface area contributed by atoms with Crippen LogP contribution in [-0.2, 0) is 4.74 Å². The number of aliphatic hydroxyl groups excluding tert-OH is 1. The molecule has 3 atom stereocenters. The zero-order valence-electron chi connectivity index (χ0n) is 14.0. The van der Waals surface area contributed by atoms with Crippen molar-refractivity contribution in [1.29, 1.82) is 0 Å². The summed E-state index contributed by atoms with van der Waals surface area (Å²) in [7, 11) is 0. The lowest BCUT2D eigenvalue weighted by Crippen LogP contribution is -2.52. The zero-order chi connectivity index (χ0) is 15.2. The lowest BCUT2D eigenvalue weighted by Gasteiger charge is -2.37. The maximum Gasteiger partial charge on any atom is 0.0678 e. The largest absolute Gasteiger partial charge is 0.394 e. The Hall–Kier alpha value is -0.160. The van der Waals surface area contributed by atoms with Gasteiger partial charge in [-0.2, -0.15) is 0 Å². The van der Waals surface area contributed by atoms with Gasteiger partial charge in [0.25, 0.3) is 0 Å². The molecule has 0 saturated carbocycles. The number of ether oxygens (including phenoxy) is 1. The highest BCUT2D eigenvalue weighted by atomic mass is 16.5. The van der Waals surface area contributed by atoms with Gasteiger partial charge in [-0.1, -0.05) is 20.8 Å². The highest BCUT2D eigenvalue weighted by Gasteiger charge is 2.28. The van der Waals surface area contributed by atoms with Gasteiger partial charge in [-0.05, 0) is 39.7 Å². The fourth-order valence-corrected chi connectivity index (χ4v) is 3.31. The molecule has 120 valence electrons. The van der Waals surface area contributed by atoms with E-state index in [1.54, 1.807) is 0 Å². The molecule has 0 amide bonds. The molecule has 1 rings (SSSR count). The quantitative estimate of drug-likeness (QED) is 0.716. The van der Waals surface area contributed by atoms with E-state index in [0.29, 0.717) is 18.2 Å². The molecule has 0 aromatic rings. The van der Waals surface area contributed by atoms with Crippen LogP contribution in [0.2, 0.25) is 0 Å². The number of nitrogens with one attached hydrogen (secondary N) is 1. The van der Waals surface area contributed by atoms with Crippen LogP contribution in [0, 0.1) is 0 Å². The summed E-state index contributed by atoms with van der Waals surface area (Å²) < 4.78 is 5.76. The van der Waals surface area contributed by atoms with E-state index in [4.69, 9.17) is 4.74 Å². The second-order valence-corrected chi connectivity index (χ2v) is 6.71. The van der Waals surface area contributed by atoms with Crippen LogP contribution in [0.5, 0.6) is 0 Å². The van der Waals surface area contributed by atoms with Crippen molar-refractivity contribution in [2.75, 3.05) is 26.2 Å². The number of hydrogen-bond donors (Lipinski definition) is 2. The molecular formula is C16H34N2O2. The molecular weight excluding hydrogens is 252 g/mol. The zero-order valence-corrected chi connectivity index (χ0v) is 14.0. The van der Waals surface area contributed by atoms with Crippen molar-refractivity contribution >= 4 is 0 Å². The molecule has 0 bridgehead atoms. The van der Waals surface area contributed by atoms with Crippen molar-refractivity contribution in [3.8, 4) is 0 Å². The first-order valence-electron chi connectivity index (χ1n) is 8.17. The second-order valence-electron chi connectivity index (χ2n) is 6.71. The predicted molar refractivity (Wildman–Crippen MR) is 84.1 cm³/mol. The molecule has 1 aliphatic heterocycles. The predicted octanol–water partition coefficient (Wildman–Crippen LogP) is 2.01. The van der Waals surface area contributed by atoms with Gasteiger partial charge in [0.05, 0.1) is 18.8 Å². The van der Waals surface area contributed by atoms with E-state index in [2.05, 4.69) is 44.8 Å². The topological polar surface area (TPSA) is 44.7 Å². The molecule has 0 spiro atoms. The molecule has 4 heteroatoms. The Labute approximate surface area is 124 Å². The Morgan fingerprint density at radius 1 is 1.30 bits per heavy atom. The first-order chi connectivity index (χ1) is 9.40. The second kappa shape index (κ2) is 8.32. The minimum absolute atomic E-state index is 0.113. The van der Waals surface area contributed by atoms with E-state index in [1.807, 2.05) is 0 Å².